The molecule has 1 spiro atoms. The Kier molecular flexibility index (Phi) is 1.58. The van der Waals surface area contributed by atoms with Gasteiger partial charge in [0.05, 0.1) is 11.3 Å². The minimum Gasteiger partial charge on any atom is -0.481 e. The van der Waals surface area contributed by atoms with Crippen molar-refractivity contribution in [2.24, 2.45) is 11.3 Å². The summed E-state index contributed by atoms with van der Waals surface area (Å²) in [4.78, 5) is 32.5. The quantitative estimate of drug-likeness (QED) is 0.532. The van der Waals surface area contributed by atoms with Crippen LogP contribution in [0.2, 0.25) is 0 Å². The number of hydrogen-bond donors (Lipinski definition) is 3. The molecule has 0 bridgehead atoms. The van der Waals surface area contributed by atoms with Crippen LogP contribution in [0.15, 0.2) is 0 Å². The Hall–Kier alpha value is -1.59. The Balaban J connectivity index is 2.15. The normalized spacial score (nSPS) is 39.6. The highest BCUT2D eigenvalue weighted by Gasteiger charge is 2.68. The molecule has 6 nitrogen and oxygen atoms in total. The molecule has 1 aliphatic heterocycles. The van der Waals surface area contributed by atoms with Gasteiger partial charge in [-0.15, -0.1) is 0 Å². The zero-order valence-corrected chi connectivity index (χ0v) is 7.19. The van der Waals surface area contributed by atoms with E-state index < -0.39 is 35.2 Å². The van der Waals surface area contributed by atoms with Crippen molar-refractivity contribution < 1.29 is 24.6 Å². The van der Waals surface area contributed by atoms with Crippen molar-refractivity contribution in [1.29, 1.82) is 0 Å². The predicted molar refractivity (Wildman–Crippen MR) is 42.4 cm³/mol. The zero-order chi connectivity index (χ0) is 10.5. The smallest absolute Gasteiger partial charge is 0.326 e. The molecule has 0 aromatic carbocycles. The summed E-state index contributed by atoms with van der Waals surface area (Å²) in [5.41, 5.74) is -0.936. The third-order valence-corrected chi connectivity index (χ3v) is 3.00. The van der Waals surface area contributed by atoms with E-state index in [9.17, 15) is 14.4 Å². The van der Waals surface area contributed by atoms with Crippen molar-refractivity contribution in [3.63, 3.8) is 0 Å². The minimum atomic E-state index is -1.11. The second-order valence-electron chi connectivity index (χ2n) is 3.82. The van der Waals surface area contributed by atoms with E-state index in [1.54, 1.807) is 0 Å². The molecule has 1 aliphatic carbocycles. The minimum absolute atomic E-state index is 0.0954. The summed E-state index contributed by atoms with van der Waals surface area (Å²) in [7, 11) is 0. The highest BCUT2D eigenvalue weighted by atomic mass is 16.4. The summed E-state index contributed by atoms with van der Waals surface area (Å²) in [5, 5.41) is 19.6. The van der Waals surface area contributed by atoms with Gasteiger partial charge in [-0.2, -0.15) is 0 Å². The van der Waals surface area contributed by atoms with Gasteiger partial charge in [-0.3, -0.25) is 9.59 Å². The van der Waals surface area contributed by atoms with Crippen LogP contribution in [0.1, 0.15) is 12.8 Å². The lowest BCUT2D eigenvalue weighted by Gasteiger charge is -2.01. The Labute approximate surface area is 78.9 Å². The molecule has 2 fully saturated rings. The van der Waals surface area contributed by atoms with Crippen LogP contribution in [0, 0.1) is 11.3 Å². The fraction of sp³-hybridized carbons (Fsp3) is 0.625. The van der Waals surface area contributed by atoms with Crippen LogP contribution in [0.25, 0.3) is 0 Å². The Bertz CT molecular complexity index is 327. The van der Waals surface area contributed by atoms with Crippen LogP contribution >= 0.6 is 0 Å². The second-order valence-corrected chi connectivity index (χ2v) is 3.82. The molecule has 1 saturated carbocycles. The van der Waals surface area contributed by atoms with Gasteiger partial charge in [-0.05, 0) is 12.8 Å². The molecule has 1 heterocycles. The van der Waals surface area contributed by atoms with Gasteiger partial charge in [0.2, 0.25) is 5.91 Å². The number of carbonyl (C=O) groups excluding carboxylic acids is 1. The molecular weight excluding hydrogens is 190 g/mol. The van der Waals surface area contributed by atoms with Crippen molar-refractivity contribution in [1.82, 2.24) is 5.32 Å². The van der Waals surface area contributed by atoms with Crippen molar-refractivity contribution in [3.05, 3.63) is 0 Å². The van der Waals surface area contributed by atoms with E-state index >= 15 is 0 Å². The number of amides is 1. The van der Waals surface area contributed by atoms with Crippen LogP contribution < -0.4 is 5.32 Å². The first-order valence-electron chi connectivity index (χ1n) is 4.24. The Morgan fingerprint density at radius 2 is 1.93 bits per heavy atom. The average Bonchev–Trinajstić information content (AvgIpc) is 2.69. The van der Waals surface area contributed by atoms with E-state index in [2.05, 4.69) is 5.32 Å². The molecule has 1 amide bonds. The van der Waals surface area contributed by atoms with Crippen LogP contribution in [0.3, 0.4) is 0 Å². The molecule has 0 unspecified atom stereocenters. The lowest BCUT2D eigenvalue weighted by atomic mass is 9.99. The van der Waals surface area contributed by atoms with E-state index in [1.165, 1.54) is 0 Å². The molecule has 2 rings (SSSR count). The molecule has 1 saturated heterocycles. The fourth-order valence-electron chi connectivity index (χ4n) is 2.06. The lowest BCUT2D eigenvalue weighted by molar-refractivity contribution is -0.141. The van der Waals surface area contributed by atoms with Crippen molar-refractivity contribution in [2.45, 2.75) is 18.9 Å². The summed E-state index contributed by atoms with van der Waals surface area (Å²) in [6, 6.07) is -0.924. The number of rotatable bonds is 2. The van der Waals surface area contributed by atoms with Gasteiger partial charge in [0.25, 0.3) is 0 Å². The SMILES string of the molecule is O=C(O)[C@@H]1C[C@@]2(C[C@H]2C(=O)O)C(=O)N1. The summed E-state index contributed by atoms with van der Waals surface area (Å²) in [5.74, 6) is -3.26. The van der Waals surface area contributed by atoms with E-state index in [4.69, 9.17) is 10.2 Å². The third-order valence-electron chi connectivity index (χ3n) is 3.00. The van der Waals surface area contributed by atoms with Gasteiger partial charge in [0.15, 0.2) is 0 Å². The van der Waals surface area contributed by atoms with E-state index in [1.807, 2.05) is 0 Å². The largest absolute Gasteiger partial charge is 0.481 e. The van der Waals surface area contributed by atoms with Gasteiger partial charge in [0, 0.05) is 0 Å². The molecule has 14 heavy (non-hydrogen) atoms. The van der Waals surface area contributed by atoms with Gasteiger partial charge < -0.3 is 15.5 Å². The first-order chi connectivity index (χ1) is 6.47. The fourth-order valence-corrected chi connectivity index (χ4v) is 2.06. The Morgan fingerprint density at radius 3 is 2.29 bits per heavy atom. The molecule has 0 radical (unpaired) electrons. The molecule has 0 aromatic heterocycles. The van der Waals surface area contributed by atoms with Gasteiger partial charge in [-0.1, -0.05) is 0 Å². The first kappa shape index (κ1) is 8.98. The van der Waals surface area contributed by atoms with E-state index in [-0.39, 0.29) is 12.8 Å². The highest BCUT2D eigenvalue weighted by molar-refractivity contribution is 5.98. The van der Waals surface area contributed by atoms with E-state index in [0.29, 0.717) is 0 Å². The summed E-state index contributed by atoms with van der Waals surface area (Å²) in [6.07, 6.45) is 0.357. The zero-order valence-electron chi connectivity index (χ0n) is 7.19. The van der Waals surface area contributed by atoms with Crippen LogP contribution in [0.4, 0.5) is 0 Å². The molecule has 76 valence electrons. The topological polar surface area (TPSA) is 104 Å². The van der Waals surface area contributed by atoms with Crippen molar-refractivity contribution in [2.75, 3.05) is 0 Å². The van der Waals surface area contributed by atoms with Crippen LogP contribution in [-0.4, -0.2) is 34.1 Å². The van der Waals surface area contributed by atoms with E-state index in [0.717, 1.165) is 0 Å². The molecule has 2 aliphatic rings. The molecular formula is C8H9NO5. The number of carboxylic acids is 2. The molecule has 3 atom stereocenters. The maximum absolute atomic E-state index is 11.4. The van der Waals surface area contributed by atoms with Crippen molar-refractivity contribution >= 4 is 17.8 Å². The van der Waals surface area contributed by atoms with Gasteiger partial charge >= 0.3 is 11.9 Å². The molecule has 6 heteroatoms. The highest BCUT2D eigenvalue weighted by Crippen LogP contribution is 2.58. The number of aliphatic carboxylic acids is 2. The summed E-state index contributed by atoms with van der Waals surface area (Å²) in [6.45, 7) is 0. The maximum atomic E-state index is 11.4. The number of carbonyl (C=O) groups is 3. The first-order valence-corrected chi connectivity index (χ1v) is 4.24. The molecule has 0 aromatic rings. The lowest BCUT2D eigenvalue weighted by Crippen LogP contribution is -2.33. The number of carboxylic acid groups (broad SMARTS) is 2. The maximum Gasteiger partial charge on any atom is 0.326 e. The predicted octanol–water partition coefficient (Wildman–Crippen LogP) is -0.950. The Morgan fingerprint density at radius 1 is 1.29 bits per heavy atom. The standard InChI is InChI=1S/C8H9NO5/c10-5(11)3-1-8(3)2-4(6(12)13)9-7(8)14/h3-4H,1-2H2,(H,9,14)(H,10,11)(H,12,13)/t3-,4-,8+/m0/s1. The van der Waals surface area contributed by atoms with Gasteiger partial charge in [0.1, 0.15) is 6.04 Å². The molecule has 3 N–H and O–H groups in total. The third kappa shape index (κ3) is 0.997. The average molecular weight is 199 g/mol. The van der Waals surface area contributed by atoms with Gasteiger partial charge in [-0.25, -0.2) is 4.79 Å². The van der Waals surface area contributed by atoms with Crippen molar-refractivity contribution in [3.8, 4) is 0 Å². The second kappa shape index (κ2) is 2.46. The monoisotopic (exact) mass is 199 g/mol. The number of nitrogens with one attached hydrogen (secondary N) is 1. The summed E-state index contributed by atoms with van der Waals surface area (Å²) >= 11 is 0. The summed E-state index contributed by atoms with van der Waals surface area (Å²) < 4.78 is 0. The van der Waals surface area contributed by atoms with Crippen LogP contribution in [0.5, 0.6) is 0 Å². The van der Waals surface area contributed by atoms with Crippen LogP contribution in [-0.2, 0) is 14.4 Å². The number of hydrogen-bond acceptors (Lipinski definition) is 3.